The predicted octanol–water partition coefficient (Wildman–Crippen LogP) is 5.41. The van der Waals surface area contributed by atoms with Gasteiger partial charge in [0, 0.05) is 5.92 Å². The molecule has 0 aromatic heterocycles. The van der Waals surface area contributed by atoms with E-state index in [9.17, 15) is 4.79 Å². The quantitative estimate of drug-likeness (QED) is 0.763. The lowest BCUT2D eigenvalue weighted by Crippen LogP contribution is -2.40. The third-order valence-corrected chi connectivity index (χ3v) is 5.61. The lowest BCUT2D eigenvalue weighted by atomic mass is 9.67. The normalized spacial score (nSPS) is 17.1. The van der Waals surface area contributed by atoms with Crippen molar-refractivity contribution in [2.45, 2.75) is 51.4 Å². The van der Waals surface area contributed by atoms with Gasteiger partial charge in [0.1, 0.15) is 0 Å². The van der Waals surface area contributed by atoms with E-state index in [4.69, 9.17) is 5.73 Å². The van der Waals surface area contributed by atoms with Crippen molar-refractivity contribution in [2.75, 3.05) is 0 Å². The van der Waals surface area contributed by atoms with Crippen molar-refractivity contribution in [1.29, 1.82) is 0 Å². The van der Waals surface area contributed by atoms with Crippen molar-refractivity contribution in [3.63, 3.8) is 0 Å². The number of carbonyl (C=O) groups is 1. The highest BCUT2D eigenvalue weighted by atomic mass is 35.5. The fraction of sp³-hybridized carbons (Fsp3) is 0.409. The van der Waals surface area contributed by atoms with Crippen molar-refractivity contribution < 1.29 is 4.79 Å². The monoisotopic (exact) mass is 357 g/mol. The average molecular weight is 358 g/mol. The molecule has 1 aliphatic rings. The molecular weight excluding hydrogens is 330 g/mol. The minimum absolute atomic E-state index is 0. The second-order valence-corrected chi connectivity index (χ2v) is 7.39. The molecule has 0 unspecified atom stereocenters. The molecule has 2 nitrogen and oxygen atoms in total. The molecule has 2 aromatic carbocycles. The van der Waals surface area contributed by atoms with Crippen molar-refractivity contribution in [3.05, 3.63) is 71.3 Å². The Hall–Kier alpha value is -1.80. The number of halogens is 1. The zero-order valence-electron chi connectivity index (χ0n) is 15.1. The molecule has 3 rings (SSSR count). The fourth-order valence-corrected chi connectivity index (χ4v) is 4.23. The summed E-state index contributed by atoms with van der Waals surface area (Å²) in [5.74, 6) is 0.396. The largest absolute Gasteiger partial charge is 0.369 e. The molecule has 1 amide bonds. The van der Waals surface area contributed by atoms with Gasteiger partial charge in [-0.3, -0.25) is 4.79 Å². The van der Waals surface area contributed by atoms with Crippen LogP contribution in [0.15, 0.2) is 54.6 Å². The molecule has 25 heavy (non-hydrogen) atoms. The van der Waals surface area contributed by atoms with Crippen LogP contribution < -0.4 is 5.73 Å². The van der Waals surface area contributed by atoms with Gasteiger partial charge in [-0.15, -0.1) is 12.4 Å². The minimum Gasteiger partial charge on any atom is -0.369 e. The molecule has 1 fully saturated rings. The third-order valence-electron chi connectivity index (χ3n) is 5.61. The molecule has 0 bridgehead atoms. The van der Waals surface area contributed by atoms with Gasteiger partial charge in [0.05, 0.1) is 5.41 Å². The van der Waals surface area contributed by atoms with Crippen LogP contribution in [0.3, 0.4) is 0 Å². The first-order chi connectivity index (χ1) is 11.5. The van der Waals surface area contributed by atoms with E-state index in [2.05, 4.69) is 62.4 Å². The van der Waals surface area contributed by atoms with Gasteiger partial charge in [0.25, 0.3) is 0 Å². The second-order valence-electron chi connectivity index (χ2n) is 7.39. The topological polar surface area (TPSA) is 43.1 Å². The van der Waals surface area contributed by atoms with Crippen LogP contribution in [0.1, 0.15) is 68.1 Å². The Kier molecular flexibility index (Phi) is 6.29. The molecule has 0 saturated heterocycles. The standard InChI is InChI=1S/C22H27NO.ClH/c1-16(2)17-10-12-19(13-11-17)20(18-8-4-3-5-9-18)22(21(23)24)14-6-7-15-22;/h3-5,8-13,16,20H,6-7,14-15H2,1-2H3,(H2,23,24);1H/t20-;/m0./s1. The molecular formula is C22H28ClNO. The van der Waals surface area contributed by atoms with E-state index in [1.807, 2.05) is 6.07 Å². The van der Waals surface area contributed by atoms with E-state index in [1.54, 1.807) is 0 Å². The number of primary amides is 1. The molecule has 2 aromatic rings. The zero-order valence-corrected chi connectivity index (χ0v) is 15.9. The van der Waals surface area contributed by atoms with Gasteiger partial charge in [-0.1, -0.05) is 81.3 Å². The van der Waals surface area contributed by atoms with E-state index in [0.717, 1.165) is 25.7 Å². The highest BCUT2D eigenvalue weighted by Crippen LogP contribution is 2.51. The summed E-state index contributed by atoms with van der Waals surface area (Å²) >= 11 is 0. The lowest BCUT2D eigenvalue weighted by molar-refractivity contribution is -0.128. The first-order valence-corrected chi connectivity index (χ1v) is 8.99. The van der Waals surface area contributed by atoms with Gasteiger partial charge in [0.15, 0.2) is 0 Å². The number of nitrogens with two attached hydrogens (primary N) is 1. The van der Waals surface area contributed by atoms with Crippen LogP contribution in [0.25, 0.3) is 0 Å². The highest BCUT2D eigenvalue weighted by Gasteiger charge is 2.47. The molecule has 0 radical (unpaired) electrons. The summed E-state index contributed by atoms with van der Waals surface area (Å²) in [6, 6.07) is 19.1. The van der Waals surface area contributed by atoms with Gasteiger partial charge in [0.2, 0.25) is 5.91 Å². The Morgan fingerprint density at radius 1 is 0.880 bits per heavy atom. The molecule has 0 spiro atoms. The van der Waals surface area contributed by atoms with Crippen molar-refractivity contribution in [3.8, 4) is 0 Å². The van der Waals surface area contributed by atoms with Gasteiger partial charge < -0.3 is 5.73 Å². The van der Waals surface area contributed by atoms with Crippen LogP contribution in [0.2, 0.25) is 0 Å². The number of benzene rings is 2. The first kappa shape index (κ1) is 19.5. The predicted molar refractivity (Wildman–Crippen MR) is 106 cm³/mol. The lowest BCUT2D eigenvalue weighted by Gasteiger charge is -2.36. The molecule has 134 valence electrons. The maximum Gasteiger partial charge on any atom is 0.224 e. The second kappa shape index (κ2) is 8.05. The van der Waals surface area contributed by atoms with Crippen LogP contribution in [0.4, 0.5) is 0 Å². The van der Waals surface area contributed by atoms with Gasteiger partial charge in [-0.25, -0.2) is 0 Å². The minimum atomic E-state index is -0.458. The van der Waals surface area contributed by atoms with Gasteiger partial charge in [-0.2, -0.15) is 0 Å². The van der Waals surface area contributed by atoms with E-state index in [-0.39, 0.29) is 24.2 Å². The fourth-order valence-electron chi connectivity index (χ4n) is 4.23. The van der Waals surface area contributed by atoms with Crippen molar-refractivity contribution in [1.82, 2.24) is 0 Å². The third kappa shape index (κ3) is 3.74. The maximum atomic E-state index is 12.5. The molecule has 0 aliphatic heterocycles. The number of carbonyl (C=O) groups excluding carboxylic acids is 1. The van der Waals surface area contributed by atoms with Crippen molar-refractivity contribution >= 4 is 18.3 Å². The van der Waals surface area contributed by atoms with E-state index < -0.39 is 5.41 Å². The van der Waals surface area contributed by atoms with E-state index in [0.29, 0.717) is 5.92 Å². The van der Waals surface area contributed by atoms with E-state index >= 15 is 0 Å². The van der Waals surface area contributed by atoms with Crippen LogP contribution in [0.5, 0.6) is 0 Å². The molecule has 1 atom stereocenters. The Morgan fingerprint density at radius 3 is 1.84 bits per heavy atom. The van der Waals surface area contributed by atoms with E-state index in [1.165, 1.54) is 16.7 Å². The Bertz CT molecular complexity index is 688. The summed E-state index contributed by atoms with van der Waals surface area (Å²) in [5, 5.41) is 0. The maximum absolute atomic E-state index is 12.5. The summed E-state index contributed by atoms with van der Waals surface area (Å²) in [5.41, 5.74) is 9.20. The number of rotatable bonds is 5. The zero-order chi connectivity index (χ0) is 17.2. The number of hydrogen-bond acceptors (Lipinski definition) is 1. The molecule has 1 aliphatic carbocycles. The smallest absolute Gasteiger partial charge is 0.224 e. The Balaban J connectivity index is 0.00000225. The average Bonchev–Trinajstić information content (AvgIpc) is 3.07. The summed E-state index contributed by atoms with van der Waals surface area (Å²) < 4.78 is 0. The Morgan fingerprint density at radius 2 is 1.36 bits per heavy atom. The molecule has 1 saturated carbocycles. The van der Waals surface area contributed by atoms with Crippen molar-refractivity contribution in [2.24, 2.45) is 11.1 Å². The molecule has 3 heteroatoms. The van der Waals surface area contributed by atoms with Crippen LogP contribution in [-0.2, 0) is 4.79 Å². The summed E-state index contributed by atoms with van der Waals surface area (Å²) in [6.07, 6.45) is 3.92. The summed E-state index contributed by atoms with van der Waals surface area (Å²) in [6.45, 7) is 4.40. The van der Waals surface area contributed by atoms with Crippen LogP contribution in [-0.4, -0.2) is 5.91 Å². The molecule has 2 N–H and O–H groups in total. The first-order valence-electron chi connectivity index (χ1n) is 8.99. The number of amides is 1. The summed E-state index contributed by atoms with van der Waals surface area (Å²) in [7, 11) is 0. The summed E-state index contributed by atoms with van der Waals surface area (Å²) in [4.78, 5) is 12.5. The SMILES string of the molecule is CC(C)c1ccc([C@H](c2ccccc2)C2(C(N)=O)CCCC2)cc1.Cl. The highest BCUT2D eigenvalue weighted by molar-refractivity contribution is 5.85. The van der Waals surface area contributed by atoms with Crippen LogP contribution >= 0.6 is 12.4 Å². The number of hydrogen-bond donors (Lipinski definition) is 1. The van der Waals surface area contributed by atoms with Gasteiger partial charge in [-0.05, 0) is 35.4 Å². The Labute approximate surface area is 157 Å². The molecule has 0 heterocycles. The van der Waals surface area contributed by atoms with Crippen LogP contribution in [0, 0.1) is 5.41 Å². The van der Waals surface area contributed by atoms with Gasteiger partial charge >= 0.3 is 0 Å².